The van der Waals surface area contributed by atoms with Crippen LogP contribution in [0, 0.1) is 5.92 Å². The maximum Gasteiger partial charge on any atom is 0.196 e. The zero-order valence-corrected chi connectivity index (χ0v) is 16.0. The van der Waals surface area contributed by atoms with Gasteiger partial charge < -0.3 is 14.2 Å². The summed E-state index contributed by atoms with van der Waals surface area (Å²) in [5.74, 6) is -1.01. The molecular weight excluding hydrogens is 338 g/mol. The van der Waals surface area contributed by atoms with Crippen LogP contribution in [0.5, 0.6) is 5.75 Å². The molecule has 2 atom stereocenters. The third-order valence-corrected chi connectivity index (χ3v) is 4.63. The molecule has 26 heavy (non-hydrogen) atoms. The van der Waals surface area contributed by atoms with E-state index in [1.165, 1.54) is 12.7 Å². The molecule has 0 amide bonds. The summed E-state index contributed by atoms with van der Waals surface area (Å²) in [6, 6.07) is 7.97. The van der Waals surface area contributed by atoms with Crippen LogP contribution in [0.3, 0.4) is 0 Å². The van der Waals surface area contributed by atoms with Crippen molar-refractivity contribution in [1.82, 2.24) is 0 Å². The Kier molecular flexibility index (Phi) is 7.64. The van der Waals surface area contributed by atoms with Crippen LogP contribution in [-0.2, 0) is 15.9 Å². The number of methoxy groups -OCH3 is 1. The molecule has 0 saturated heterocycles. The largest absolute Gasteiger partial charge is 0.498 e. The number of aryl methyl sites for hydroxylation is 1. The Bertz CT molecular complexity index is 650. The van der Waals surface area contributed by atoms with Crippen molar-refractivity contribution in [2.45, 2.75) is 46.1 Å². The first-order valence-corrected chi connectivity index (χ1v) is 9.11. The summed E-state index contributed by atoms with van der Waals surface area (Å²) in [6.07, 6.45) is 1.67. The third-order valence-electron chi connectivity index (χ3n) is 4.63. The van der Waals surface area contributed by atoms with Gasteiger partial charge in [-0.2, -0.15) is 0 Å². The zero-order valence-electron chi connectivity index (χ0n) is 16.0. The lowest BCUT2D eigenvalue weighted by Crippen LogP contribution is -2.22. The van der Waals surface area contributed by atoms with Crippen molar-refractivity contribution in [3.8, 4) is 5.75 Å². The second-order valence-electron chi connectivity index (χ2n) is 6.63. The molecule has 0 radical (unpaired) electrons. The zero-order chi connectivity index (χ0) is 19.1. The lowest BCUT2D eigenvalue weighted by atomic mass is 9.92. The summed E-state index contributed by atoms with van der Waals surface area (Å²) >= 11 is 0. The first-order chi connectivity index (χ1) is 12.5. The first kappa shape index (κ1) is 20.4. The number of hydrogen-bond donors (Lipinski definition) is 0. The van der Waals surface area contributed by atoms with Crippen molar-refractivity contribution < 1.29 is 23.0 Å². The van der Waals surface area contributed by atoms with Crippen molar-refractivity contribution in [3.05, 3.63) is 52.8 Å². The van der Waals surface area contributed by atoms with Crippen LogP contribution in [-0.4, -0.2) is 26.4 Å². The van der Waals surface area contributed by atoms with E-state index in [0.29, 0.717) is 31.6 Å². The highest BCUT2D eigenvalue weighted by atomic mass is 19.2. The number of hydrogen-bond acceptors (Lipinski definition) is 3. The van der Waals surface area contributed by atoms with Crippen molar-refractivity contribution in [2.75, 3.05) is 20.3 Å². The molecule has 0 bridgehead atoms. The van der Waals surface area contributed by atoms with Crippen LogP contribution in [0.1, 0.15) is 39.2 Å². The van der Waals surface area contributed by atoms with Crippen LogP contribution >= 0.6 is 0 Å². The van der Waals surface area contributed by atoms with E-state index >= 15 is 0 Å². The van der Waals surface area contributed by atoms with Crippen LogP contribution in [0.25, 0.3) is 0 Å². The molecule has 2 rings (SSSR count). The molecule has 1 aromatic rings. The summed E-state index contributed by atoms with van der Waals surface area (Å²) in [5, 5.41) is 0. The van der Waals surface area contributed by atoms with E-state index in [0.717, 1.165) is 12.2 Å². The normalized spacial score (nSPS) is 17.3. The minimum Gasteiger partial charge on any atom is -0.498 e. The fourth-order valence-corrected chi connectivity index (χ4v) is 2.88. The minimum absolute atomic E-state index is 0.0789. The van der Waals surface area contributed by atoms with Crippen molar-refractivity contribution in [2.24, 2.45) is 5.92 Å². The molecule has 2 unspecified atom stereocenters. The van der Waals surface area contributed by atoms with E-state index in [1.54, 1.807) is 0 Å². The monoisotopic (exact) mass is 366 g/mol. The van der Waals surface area contributed by atoms with Gasteiger partial charge in [-0.25, -0.2) is 8.78 Å². The van der Waals surface area contributed by atoms with Crippen molar-refractivity contribution in [3.63, 3.8) is 0 Å². The van der Waals surface area contributed by atoms with E-state index in [4.69, 9.17) is 14.2 Å². The van der Waals surface area contributed by atoms with Gasteiger partial charge in [0.05, 0.1) is 19.8 Å². The van der Waals surface area contributed by atoms with Gasteiger partial charge >= 0.3 is 0 Å². The summed E-state index contributed by atoms with van der Waals surface area (Å²) < 4.78 is 44.4. The van der Waals surface area contributed by atoms with Gasteiger partial charge in [0.2, 0.25) is 0 Å². The molecule has 0 spiro atoms. The highest BCUT2D eigenvalue weighted by molar-refractivity contribution is 5.33. The summed E-state index contributed by atoms with van der Waals surface area (Å²) in [6.45, 7) is 6.58. The van der Waals surface area contributed by atoms with Gasteiger partial charge in [0.1, 0.15) is 18.1 Å². The Morgan fingerprint density at radius 2 is 1.69 bits per heavy atom. The van der Waals surface area contributed by atoms with E-state index in [1.807, 2.05) is 38.1 Å². The number of benzene rings is 1. The van der Waals surface area contributed by atoms with Gasteiger partial charge in [0.15, 0.2) is 11.7 Å². The molecule has 0 aliphatic heterocycles. The predicted octanol–water partition coefficient (Wildman–Crippen LogP) is 5.51. The second-order valence-corrected chi connectivity index (χ2v) is 6.63. The van der Waals surface area contributed by atoms with Gasteiger partial charge in [-0.3, -0.25) is 0 Å². The SMILES string of the molecule is CCc1ccc(OCC(C)OCC(C)C2=C(F)C(F)=C(OC)CC2)cc1. The Balaban J connectivity index is 1.82. The molecule has 0 heterocycles. The van der Waals surface area contributed by atoms with Gasteiger partial charge in [-0.15, -0.1) is 0 Å². The number of allylic oxidation sites excluding steroid dienone is 3. The summed E-state index contributed by atoms with van der Waals surface area (Å²) in [4.78, 5) is 0. The number of ether oxygens (including phenoxy) is 3. The lowest BCUT2D eigenvalue weighted by Gasteiger charge is -2.23. The summed E-state index contributed by atoms with van der Waals surface area (Å²) in [5.41, 5.74) is 1.71. The predicted molar refractivity (Wildman–Crippen MR) is 98.4 cm³/mol. The highest BCUT2D eigenvalue weighted by Gasteiger charge is 2.26. The molecule has 1 aromatic carbocycles. The Morgan fingerprint density at radius 3 is 2.31 bits per heavy atom. The molecule has 1 aliphatic carbocycles. The maximum absolute atomic E-state index is 14.2. The van der Waals surface area contributed by atoms with E-state index in [-0.39, 0.29) is 17.8 Å². The van der Waals surface area contributed by atoms with Crippen LogP contribution < -0.4 is 4.74 Å². The quantitative estimate of drug-likeness (QED) is 0.576. The second kappa shape index (κ2) is 9.72. The molecule has 1 aliphatic rings. The molecular formula is C21H28F2O3. The highest BCUT2D eigenvalue weighted by Crippen LogP contribution is 2.36. The molecule has 3 nitrogen and oxygen atoms in total. The topological polar surface area (TPSA) is 27.7 Å². The first-order valence-electron chi connectivity index (χ1n) is 9.11. The smallest absolute Gasteiger partial charge is 0.196 e. The molecule has 144 valence electrons. The Hall–Kier alpha value is -1.88. The average Bonchev–Trinajstić information content (AvgIpc) is 2.66. The van der Waals surface area contributed by atoms with Crippen LogP contribution in [0.15, 0.2) is 47.3 Å². The fourth-order valence-electron chi connectivity index (χ4n) is 2.88. The molecule has 0 saturated carbocycles. The van der Waals surface area contributed by atoms with Gasteiger partial charge in [-0.1, -0.05) is 26.0 Å². The number of halogens is 2. The number of rotatable bonds is 9. The van der Waals surface area contributed by atoms with E-state index in [2.05, 4.69) is 6.92 Å². The standard InChI is InChI=1S/C21H28F2O3/c1-5-16-6-8-17(9-7-16)26-13-15(3)25-12-14(2)18-10-11-19(24-4)21(23)20(18)22/h6-9,14-15H,5,10-13H2,1-4H3. The molecule has 0 N–H and O–H groups in total. The van der Waals surface area contributed by atoms with E-state index < -0.39 is 11.7 Å². The van der Waals surface area contributed by atoms with Gasteiger partial charge in [-0.05, 0) is 43.0 Å². The lowest BCUT2D eigenvalue weighted by molar-refractivity contribution is 0.0197. The van der Waals surface area contributed by atoms with Crippen molar-refractivity contribution in [1.29, 1.82) is 0 Å². The van der Waals surface area contributed by atoms with Crippen molar-refractivity contribution >= 4 is 0 Å². The molecule has 0 fully saturated rings. The molecule has 5 heteroatoms. The Morgan fingerprint density at radius 1 is 1.00 bits per heavy atom. The van der Waals surface area contributed by atoms with E-state index in [9.17, 15) is 8.78 Å². The third kappa shape index (κ3) is 5.31. The maximum atomic E-state index is 14.2. The van der Waals surface area contributed by atoms with Crippen LogP contribution in [0.4, 0.5) is 8.78 Å². The van der Waals surface area contributed by atoms with Crippen LogP contribution in [0.2, 0.25) is 0 Å². The molecule has 0 aromatic heterocycles. The average molecular weight is 366 g/mol. The van der Waals surface area contributed by atoms with Gasteiger partial charge in [0, 0.05) is 12.3 Å². The fraction of sp³-hybridized carbons (Fsp3) is 0.524. The Labute approximate surface area is 154 Å². The minimum atomic E-state index is -0.882. The summed E-state index contributed by atoms with van der Waals surface area (Å²) in [7, 11) is 1.36. The van der Waals surface area contributed by atoms with Gasteiger partial charge in [0.25, 0.3) is 0 Å².